The van der Waals surface area contributed by atoms with Gasteiger partial charge in [0.15, 0.2) is 0 Å². The molecule has 0 amide bonds. The Balaban J connectivity index is 2.73. The van der Waals surface area contributed by atoms with E-state index < -0.39 is 0 Å². The number of aliphatic hydroxyl groups is 1. The van der Waals surface area contributed by atoms with Crippen LogP contribution in [0.15, 0.2) is 0 Å². The quantitative estimate of drug-likeness (QED) is 0.683. The molecule has 18 heavy (non-hydrogen) atoms. The van der Waals surface area contributed by atoms with Crippen LogP contribution in [0.4, 0.5) is 0 Å². The van der Waals surface area contributed by atoms with Crippen molar-refractivity contribution in [3.63, 3.8) is 0 Å². The molecule has 0 aliphatic heterocycles. The summed E-state index contributed by atoms with van der Waals surface area (Å²) in [5, 5.41) is 12.9. The minimum atomic E-state index is 0.0748. The molecule has 3 atom stereocenters. The summed E-state index contributed by atoms with van der Waals surface area (Å²) >= 11 is 0. The van der Waals surface area contributed by atoms with Crippen LogP contribution < -0.4 is 11.1 Å². The Hall–Kier alpha value is -0.120. The predicted octanol–water partition coefficient (Wildman–Crippen LogP) is 2.28. The number of nitrogens with two attached hydrogens (primary N) is 1. The molecule has 3 unspecified atom stereocenters. The normalized spacial score (nSPS) is 33.3. The molecule has 0 aromatic heterocycles. The van der Waals surface area contributed by atoms with Crippen LogP contribution >= 0.6 is 0 Å². The van der Waals surface area contributed by atoms with E-state index in [4.69, 9.17) is 10.8 Å². The van der Waals surface area contributed by atoms with Crippen LogP contribution in [-0.2, 0) is 0 Å². The molecule has 0 saturated heterocycles. The van der Waals surface area contributed by atoms with Crippen LogP contribution in [0.5, 0.6) is 0 Å². The van der Waals surface area contributed by atoms with Gasteiger partial charge in [-0.1, -0.05) is 27.7 Å². The third-order valence-corrected chi connectivity index (χ3v) is 4.88. The van der Waals surface area contributed by atoms with Gasteiger partial charge in [-0.15, -0.1) is 0 Å². The number of hydrogen-bond acceptors (Lipinski definition) is 3. The molecule has 1 aliphatic rings. The SMILES string of the molecule is CCC(CCO)NC1(CN)CCC(C)(C)CC1C. The molecule has 0 spiro atoms. The monoisotopic (exact) mass is 256 g/mol. The first kappa shape index (κ1) is 15.9. The summed E-state index contributed by atoms with van der Waals surface area (Å²) in [5.74, 6) is 0.596. The number of aliphatic hydroxyl groups excluding tert-OH is 1. The highest BCUT2D eigenvalue weighted by Gasteiger charge is 2.43. The molecule has 1 rings (SSSR count). The van der Waals surface area contributed by atoms with Gasteiger partial charge in [0, 0.05) is 24.7 Å². The Kier molecular flexibility index (Phi) is 5.63. The van der Waals surface area contributed by atoms with E-state index in [1.165, 1.54) is 12.8 Å². The number of hydrogen-bond donors (Lipinski definition) is 3. The van der Waals surface area contributed by atoms with Gasteiger partial charge in [0.2, 0.25) is 0 Å². The molecule has 0 aromatic carbocycles. The fourth-order valence-corrected chi connectivity index (χ4v) is 3.45. The predicted molar refractivity (Wildman–Crippen MR) is 77.5 cm³/mol. The van der Waals surface area contributed by atoms with E-state index in [0.29, 0.717) is 23.9 Å². The lowest BCUT2D eigenvalue weighted by atomic mass is 9.63. The standard InChI is InChI=1S/C15H32N2O/c1-5-13(6-9-18)17-15(11-16)8-7-14(3,4)10-12(15)2/h12-13,17-18H,5-11,16H2,1-4H3. The lowest BCUT2D eigenvalue weighted by Gasteiger charge is -2.50. The average molecular weight is 256 g/mol. The molecule has 0 heterocycles. The first-order valence-electron chi connectivity index (χ1n) is 7.48. The summed E-state index contributed by atoms with van der Waals surface area (Å²) in [7, 11) is 0. The fourth-order valence-electron chi connectivity index (χ4n) is 3.45. The summed E-state index contributed by atoms with van der Waals surface area (Å²) in [6, 6.07) is 0.391. The van der Waals surface area contributed by atoms with Crippen LogP contribution in [0.3, 0.4) is 0 Å². The van der Waals surface area contributed by atoms with Crippen molar-refractivity contribution in [1.82, 2.24) is 5.32 Å². The topological polar surface area (TPSA) is 58.3 Å². The van der Waals surface area contributed by atoms with Crippen molar-refractivity contribution in [1.29, 1.82) is 0 Å². The maximum atomic E-state index is 9.13. The molecular formula is C15H32N2O. The second-order valence-electron chi connectivity index (χ2n) is 6.89. The van der Waals surface area contributed by atoms with Crippen LogP contribution in [0.1, 0.15) is 59.8 Å². The van der Waals surface area contributed by atoms with E-state index in [1.807, 2.05) is 0 Å². The Morgan fingerprint density at radius 1 is 1.39 bits per heavy atom. The highest BCUT2D eigenvalue weighted by atomic mass is 16.3. The molecule has 3 heteroatoms. The second-order valence-corrected chi connectivity index (χ2v) is 6.89. The summed E-state index contributed by atoms with van der Waals surface area (Å²) in [6.45, 7) is 10.2. The van der Waals surface area contributed by atoms with Crippen molar-refractivity contribution >= 4 is 0 Å². The highest BCUT2D eigenvalue weighted by molar-refractivity contribution is 5.01. The molecule has 1 aliphatic carbocycles. The third kappa shape index (κ3) is 3.69. The van der Waals surface area contributed by atoms with E-state index in [0.717, 1.165) is 19.3 Å². The minimum Gasteiger partial charge on any atom is -0.396 e. The highest BCUT2D eigenvalue weighted by Crippen LogP contribution is 2.43. The zero-order chi connectivity index (χ0) is 13.8. The van der Waals surface area contributed by atoms with Crippen molar-refractivity contribution < 1.29 is 5.11 Å². The summed E-state index contributed by atoms with van der Waals surface area (Å²) in [5.41, 5.74) is 6.61. The molecule has 0 aromatic rings. The van der Waals surface area contributed by atoms with Crippen molar-refractivity contribution in [3.8, 4) is 0 Å². The lowest BCUT2D eigenvalue weighted by molar-refractivity contribution is 0.0654. The van der Waals surface area contributed by atoms with Crippen molar-refractivity contribution in [2.24, 2.45) is 17.1 Å². The van der Waals surface area contributed by atoms with Crippen molar-refractivity contribution in [2.75, 3.05) is 13.2 Å². The number of rotatable bonds is 6. The van der Waals surface area contributed by atoms with Gasteiger partial charge in [0.25, 0.3) is 0 Å². The molecule has 108 valence electrons. The van der Waals surface area contributed by atoms with Crippen LogP contribution in [0.2, 0.25) is 0 Å². The largest absolute Gasteiger partial charge is 0.396 e. The van der Waals surface area contributed by atoms with Crippen molar-refractivity contribution in [2.45, 2.75) is 71.4 Å². The first-order chi connectivity index (χ1) is 8.39. The summed E-state index contributed by atoms with van der Waals surface area (Å²) in [6.07, 6.45) is 5.50. The summed E-state index contributed by atoms with van der Waals surface area (Å²) < 4.78 is 0. The summed E-state index contributed by atoms with van der Waals surface area (Å²) in [4.78, 5) is 0. The maximum absolute atomic E-state index is 9.13. The Morgan fingerprint density at radius 2 is 2.06 bits per heavy atom. The molecule has 4 N–H and O–H groups in total. The molecule has 3 nitrogen and oxygen atoms in total. The van der Waals surface area contributed by atoms with Gasteiger partial charge >= 0.3 is 0 Å². The molecule has 0 bridgehead atoms. The van der Waals surface area contributed by atoms with Gasteiger partial charge in [-0.3, -0.25) is 0 Å². The second kappa shape index (κ2) is 6.36. The molecule has 1 saturated carbocycles. The van der Waals surface area contributed by atoms with Gasteiger partial charge < -0.3 is 16.2 Å². The van der Waals surface area contributed by atoms with Gasteiger partial charge in [0.05, 0.1) is 0 Å². The van der Waals surface area contributed by atoms with Gasteiger partial charge in [-0.2, -0.15) is 0 Å². The van der Waals surface area contributed by atoms with E-state index in [2.05, 4.69) is 33.0 Å². The van der Waals surface area contributed by atoms with E-state index in [9.17, 15) is 0 Å². The zero-order valence-electron chi connectivity index (χ0n) is 12.6. The Bertz CT molecular complexity index is 255. The first-order valence-corrected chi connectivity index (χ1v) is 7.48. The van der Waals surface area contributed by atoms with E-state index in [1.54, 1.807) is 0 Å². The van der Waals surface area contributed by atoms with Gasteiger partial charge in [-0.25, -0.2) is 0 Å². The van der Waals surface area contributed by atoms with Crippen LogP contribution in [-0.4, -0.2) is 29.8 Å². The van der Waals surface area contributed by atoms with Crippen molar-refractivity contribution in [3.05, 3.63) is 0 Å². The zero-order valence-corrected chi connectivity index (χ0v) is 12.6. The minimum absolute atomic E-state index is 0.0748. The third-order valence-electron chi connectivity index (χ3n) is 4.88. The maximum Gasteiger partial charge on any atom is 0.0445 e. The average Bonchev–Trinajstić information content (AvgIpc) is 2.31. The van der Waals surface area contributed by atoms with E-state index >= 15 is 0 Å². The van der Waals surface area contributed by atoms with Crippen LogP contribution in [0.25, 0.3) is 0 Å². The molecule has 0 radical (unpaired) electrons. The smallest absolute Gasteiger partial charge is 0.0445 e. The van der Waals surface area contributed by atoms with Gasteiger partial charge in [0.1, 0.15) is 0 Å². The lowest BCUT2D eigenvalue weighted by Crippen LogP contribution is -2.61. The van der Waals surface area contributed by atoms with Crippen LogP contribution in [0, 0.1) is 11.3 Å². The number of nitrogens with one attached hydrogen (secondary N) is 1. The Labute approximate surface area is 113 Å². The molecule has 1 fully saturated rings. The fraction of sp³-hybridized carbons (Fsp3) is 1.00. The van der Waals surface area contributed by atoms with Gasteiger partial charge in [-0.05, 0) is 43.4 Å². The Morgan fingerprint density at radius 3 is 2.50 bits per heavy atom. The van der Waals surface area contributed by atoms with E-state index in [-0.39, 0.29) is 12.1 Å². The molecular weight excluding hydrogens is 224 g/mol.